The molecule has 0 atom stereocenters. The number of hydrogen-bond donors (Lipinski definition) is 1. The van der Waals surface area contributed by atoms with Crippen molar-refractivity contribution in [1.82, 2.24) is 14.1 Å². The summed E-state index contributed by atoms with van der Waals surface area (Å²) in [6, 6.07) is 10.2. The molecule has 0 spiro atoms. The molecule has 1 N–H and O–H groups in total. The van der Waals surface area contributed by atoms with Crippen molar-refractivity contribution in [2.45, 2.75) is 11.3 Å². The topological polar surface area (TPSA) is 72.7 Å². The number of halogens is 1. The number of hydrogen-bond acceptors (Lipinski definition) is 4. The van der Waals surface area contributed by atoms with Gasteiger partial charge in [-0.05, 0) is 36.4 Å². The Hall–Kier alpha value is -1.90. The van der Waals surface area contributed by atoms with Gasteiger partial charge in [0.05, 0.1) is 17.7 Å². The van der Waals surface area contributed by atoms with Crippen LogP contribution in [0.25, 0.3) is 5.65 Å². The highest BCUT2D eigenvalue weighted by Crippen LogP contribution is 2.18. The van der Waals surface area contributed by atoms with E-state index in [1.54, 1.807) is 31.4 Å². The van der Waals surface area contributed by atoms with Gasteiger partial charge in [-0.1, -0.05) is 15.9 Å². The smallest absolute Gasteiger partial charge is 0.240 e. The zero-order valence-electron chi connectivity index (χ0n) is 12.9. The molecule has 6 nitrogen and oxygen atoms in total. The van der Waals surface area contributed by atoms with Gasteiger partial charge < -0.3 is 9.14 Å². The largest absolute Gasteiger partial charge is 0.493 e. The predicted molar refractivity (Wildman–Crippen MR) is 94.8 cm³/mol. The molecule has 0 saturated carbocycles. The van der Waals surface area contributed by atoms with Crippen molar-refractivity contribution < 1.29 is 13.2 Å². The number of pyridine rings is 1. The van der Waals surface area contributed by atoms with Gasteiger partial charge in [-0.15, -0.1) is 0 Å². The van der Waals surface area contributed by atoms with E-state index in [4.69, 9.17) is 4.74 Å². The van der Waals surface area contributed by atoms with E-state index in [-0.39, 0.29) is 11.4 Å². The van der Waals surface area contributed by atoms with E-state index in [9.17, 15) is 8.42 Å². The van der Waals surface area contributed by atoms with Crippen molar-refractivity contribution in [3.63, 3.8) is 0 Å². The Morgan fingerprint density at radius 3 is 2.71 bits per heavy atom. The quantitative estimate of drug-likeness (QED) is 0.678. The molecule has 8 heteroatoms. The maximum atomic E-state index is 12.2. The second-order valence-electron chi connectivity index (χ2n) is 5.14. The summed E-state index contributed by atoms with van der Waals surface area (Å²) in [5, 5.41) is 0. The van der Waals surface area contributed by atoms with E-state index >= 15 is 0 Å². The first-order chi connectivity index (χ1) is 11.5. The van der Waals surface area contributed by atoms with Gasteiger partial charge in [0.15, 0.2) is 11.4 Å². The minimum absolute atomic E-state index is 0.238. The van der Waals surface area contributed by atoms with Crippen LogP contribution in [0.3, 0.4) is 0 Å². The molecule has 2 aromatic heterocycles. The Labute approximate surface area is 148 Å². The molecule has 1 aromatic carbocycles. The summed E-state index contributed by atoms with van der Waals surface area (Å²) < 4.78 is 35.0. The average molecular weight is 410 g/mol. The number of aromatic nitrogens is 2. The summed E-state index contributed by atoms with van der Waals surface area (Å²) in [7, 11) is -1.93. The molecule has 0 saturated heterocycles. The minimum atomic E-state index is -3.52. The molecule has 0 fully saturated rings. The Kier molecular flexibility index (Phi) is 4.88. The number of sulfonamides is 1. The second-order valence-corrected chi connectivity index (χ2v) is 7.82. The van der Waals surface area contributed by atoms with Crippen LogP contribution in [0.2, 0.25) is 0 Å². The van der Waals surface area contributed by atoms with E-state index in [0.717, 1.165) is 10.2 Å². The molecule has 0 aliphatic carbocycles. The zero-order valence-corrected chi connectivity index (χ0v) is 15.3. The van der Waals surface area contributed by atoms with Crippen LogP contribution in [0, 0.1) is 0 Å². The lowest BCUT2D eigenvalue weighted by Crippen LogP contribution is -2.26. The van der Waals surface area contributed by atoms with Gasteiger partial charge in [0, 0.05) is 29.8 Å². The van der Waals surface area contributed by atoms with Crippen LogP contribution in [-0.2, 0) is 16.4 Å². The molecule has 0 aliphatic rings. The SMILES string of the molecule is COc1cccn2cc(CCNS(=O)(=O)c3ccc(Br)cc3)nc12. The molecule has 0 amide bonds. The molecule has 0 radical (unpaired) electrons. The molecule has 0 aliphatic heterocycles. The number of imidazole rings is 1. The number of nitrogens with zero attached hydrogens (tertiary/aromatic N) is 2. The van der Waals surface area contributed by atoms with Crippen LogP contribution in [0.15, 0.2) is 58.2 Å². The molecule has 3 aromatic rings. The molecule has 0 unspecified atom stereocenters. The first kappa shape index (κ1) is 16.9. The van der Waals surface area contributed by atoms with E-state index in [0.29, 0.717) is 17.8 Å². The third kappa shape index (κ3) is 3.61. The predicted octanol–water partition coefficient (Wildman–Crippen LogP) is 2.63. The van der Waals surface area contributed by atoms with Crippen molar-refractivity contribution in [3.05, 3.63) is 59.0 Å². The third-order valence-corrected chi connectivity index (χ3v) is 5.52. The monoisotopic (exact) mass is 409 g/mol. The molecule has 0 bridgehead atoms. The van der Waals surface area contributed by atoms with Gasteiger partial charge in [0.2, 0.25) is 10.0 Å². The van der Waals surface area contributed by atoms with Crippen LogP contribution >= 0.6 is 15.9 Å². The average Bonchev–Trinajstić information content (AvgIpc) is 2.97. The minimum Gasteiger partial charge on any atom is -0.493 e. The van der Waals surface area contributed by atoms with E-state index in [1.807, 2.05) is 28.9 Å². The molecular formula is C16H16BrN3O3S. The highest BCUT2D eigenvalue weighted by atomic mass is 79.9. The summed E-state index contributed by atoms with van der Waals surface area (Å²) in [6.07, 6.45) is 4.23. The normalized spacial score (nSPS) is 11.8. The lowest BCUT2D eigenvalue weighted by molar-refractivity contribution is 0.417. The van der Waals surface area contributed by atoms with Crippen molar-refractivity contribution >= 4 is 31.6 Å². The van der Waals surface area contributed by atoms with Crippen LogP contribution in [0.1, 0.15) is 5.69 Å². The maximum absolute atomic E-state index is 12.2. The fourth-order valence-corrected chi connectivity index (χ4v) is 3.62. The van der Waals surface area contributed by atoms with Gasteiger partial charge in [0.1, 0.15) is 0 Å². The van der Waals surface area contributed by atoms with Gasteiger partial charge >= 0.3 is 0 Å². The fourth-order valence-electron chi connectivity index (χ4n) is 2.33. The Morgan fingerprint density at radius 2 is 2.00 bits per heavy atom. The second kappa shape index (κ2) is 6.92. The number of fused-ring (bicyclic) bond motifs is 1. The summed E-state index contributed by atoms with van der Waals surface area (Å²) in [5.41, 5.74) is 1.50. The van der Waals surface area contributed by atoms with Crippen LogP contribution in [0.5, 0.6) is 5.75 Å². The first-order valence-electron chi connectivity index (χ1n) is 7.25. The van der Waals surface area contributed by atoms with E-state index < -0.39 is 10.0 Å². The van der Waals surface area contributed by atoms with Crippen LogP contribution < -0.4 is 9.46 Å². The molecule has 24 heavy (non-hydrogen) atoms. The molecule has 126 valence electrons. The lowest BCUT2D eigenvalue weighted by atomic mass is 10.3. The third-order valence-electron chi connectivity index (χ3n) is 3.51. The maximum Gasteiger partial charge on any atom is 0.240 e. The van der Waals surface area contributed by atoms with E-state index in [1.165, 1.54) is 0 Å². The Bertz CT molecular complexity index is 952. The standard InChI is InChI=1S/C16H16BrN3O3S/c1-23-15-3-2-10-20-11-13(19-16(15)20)8-9-18-24(21,22)14-6-4-12(17)5-7-14/h2-7,10-11,18H,8-9H2,1H3. The van der Waals surface area contributed by atoms with Crippen molar-refractivity contribution in [2.24, 2.45) is 0 Å². The highest BCUT2D eigenvalue weighted by Gasteiger charge is 2.13. The van der Waals surface area contributed by atoms with Gasteiger partial charge in [-0.2, -0.15) is 0 Å². The molecule has 3 rings (SSSR count). The lowest BCUT2D eigenvalue weighted by Gasteiger charge is -2.05. The van der Waals surface area contributed by atoms with Crippen molar-refractivity contribution in [1.29, 1.82) is 0 Å². The Balaban J connectivity index is 1.69. The number of methoxy groups -OCH3 is 1. The van der Waals surface area contributed by atoms with Gasteiger partial charge in [0.25, 0.3) is 0 Å². The van der Waals surface area contributed by atoms with Crippen molar-refractivity contribution in [2.75, 3.05) is 13.7 Å². The van der Waals surface area contributed by atoms with Crippen molar-refractivity contribution in [3.8, 4) is 5.75 Å². The molecular weight excluding hydrogens is 394 g/mol. The van der Waals surface area contributed by atoms with Crippen LogP contribution in [-0.4, -0.2) is 31.5 Å². The molecule has 2 heterocycles. The highest BCUT2D eigenvalue weighted by molar-refractivity contribution is 9.10. The summed E-state index contributed by atoms with van der Waals surface area (Å²) in [6.45, 7) is 0.268. The van der Waals surface area contributed by atoms with Crippen LogP contribution in [0.4, 0.5) is 0 Å². The number of nitrogens with one attached hydrogen (secondary N) is 1. The number of rotatable bonds is 6. The Morgan fingerprint density at radius 1 is 1.25 bits per heavy atom. The number of ether oxygens (including phenoxy) is 1. The summed E-state index contributed by atoms with van der Waals surface area (Å²) >= 11 is 3.29. The van der Waals surface area contributed by atoms with Gasteiger partial charge in [-0.3, -0.25) is 0 Å². The fraction of sp³-hybridized carbons (Fsp3) is 0.188. The summed E-state index contributed by atoms with van der Waals surface area (Å²) in [4.78, 5) is 4.72. The number of benzene rings is 1. The van der Waals surface area contributed by atoms with E-state index in [2.05, 4.69) is 25.6 Å². The zero-order chi connectivity index (χ0) is 17.2. The summed E-state index contributed by atoms with van der Waals surface area (Å²) in [5.74, 6) is 0.680. The van der Waals surface area contributed by atoms with Gasteiger partial charge in [-0.25, -0.2) is 18.1 Å². The first-order valence-corrected chi connectivity index (χ1v) is 9.53.